The summed E-state index contributed by atoms with van der Waals surface area (Å²) < 4.78 is 11.9. The van der Waals surface area contributed by atoms with E-state index in [1.807, 2.05) is 43.3 Å². The molecule has 4 nitrogen and oxygen atoms in total. The lowest BCUT2D eigenvalue weighted by molar-refractivity contribution is 0.0720. The van der Waals surface area contributed by atoms with E-state index in [4.69, 9.17) is 21.1 Å². The average Bonchev–Trinajstić information content (AvgIpc) is 2.73. The maximum absolute atomic E-state index is 6.58. The summed E-state index contributed by atoms with van der Waals surface area (Å²) in [6, 6.07) is 14.7. The second-order valence-electron chi connectivity index (χ2n) is 7.74. The Morgan fingerprint density at radius 2 is 1.77 bits per heavy atom. The molecule has 1 N–H and O–H groups in total. The molecule has 3 heterocycles. The van der Waals surface area contributed by atoms with E-state index < -0.39 is 0 Å². The SMILES string of the molecule is CCOc1cc(CNC2CN3CCC2CC3)cc(Cl)c1OCc1ccccc1.Cl.Cl. The van der Waals surface area contributed by atoms with Gasteiger partial charge < -0.3 is 19.7 Å². The van der Waals surface area contributed by atoms with Crippen LogP contribution in [-0.2, 0) is 13.2 Å². The van der Waals surface area contributed by atoms with E-state index in [9.17, 15) is 0 Å². The van der Waals surface area contributed by atoms with Crippen molar-refractivity contribution in [2.24, 2.45) is 5.92 Å². The number of halogens is 3. The molecule has 2 bridgehead atoms. The third-order valence-corrected chi connectivity index (χ3v) is 6.10. The van der Waals surface area contributed by atoms with Gasteiger partial charge >= 0.3 is 0 Å². The van der Waals surface area contributed by atoms with Crippen LogP contribution < -0.4 is 14.8 Å². The summed E-state index contributed by atoms with van der Waals surface area (Å²) in [5.74, 6) is 2.15. The summed E-state index contributed by atoms with van der Waals surface area (Å²) in [5.41, 5.74) is 2.24. The molecule has 3 aliphatic heterocycles. The molecule has 0 aliphatic carbocycles. The highest BCUT2D eigenvalue weighted by Crippen LogP contribution is 2.37. The Bertz CT molecular complexity index is 784. The largest absolute Gasteiger partial charge is 0.490 e. The number of nitrogens with one attached hydrogen (secondary N) is 1. The summed E-state index contributed by atoms with van der Waals surface area (Å²) in [6.07, 6.45) is 2.63. The van der Waals surface area contributed by atoms with Gasteiger partial charge in [0.25, 0.3) is 0 Å². The van der Waals surface area contributed by atoms with Crippen molar-refractivity contribution in [3.05, 3.63) is 58.6 Å². The van der Waals surface area contributed by atoms with Crippen LogP contribution in [0.2, 0.25) is 5.02 Å². The van der Waals surface area contributed by atoms with Crippen LogP contribution in [-0.4, -0.2) is 37.2 Å². The topological polar surface area (TPSA) is 33.7 Å². The molecule has 0 radical (unpaired) electrons. The van der Waals surface area contributed by atoms with Crippen LogP contribution in [0, 0.1) is 5.92 Å². The van der Waals surface area contributed by atoms with Crippen LogP contribution in [0.1, 0.15) is 30.9 Å². The molecular weight excluding hydrogens is 443 g/mol. The number of piperidine rings is 3. The van der Waals surface area contributed by atoms with E-state index in [2.05, 4.69) is 16.3 Å². The highest BCUT2D eigenvalue weighted by atomic mass is 35.5. The summed E-state index contributed by atoms with van der Waals surface area (Å²) in [7, 11) is 0. The van der Waals surface area contributed by atoms with Crippen molar-refractivity contribution in [3.8, 4) is 11.5 Å². The van der Waals surface area contributed by atoms with Crippen LogP contribution >= 0.6 is 36.4 Å². The minimum Gasteiger partial charge on any atom is -0.490 e. The fourth-order valence-corrected chi connectivity index (χ4v) is 4.59. The van der Waals surface area contributed by atoms with Crippen molar-refractivity contribution in [3.63, 3.8) is 0 Å². The van der Waals surface area contributed by atoms with Gasteiger partial charge in [-0.1, -0.05) is 41.9 Å². The minimum absolute atomic E-state index is 0. The first-order valence-corrected chi connectivity index (χ1v) is 10.7. The van der Waals surface area contributed by atoms with Crippen molar-refractivity contribution in [1.29, 1.82) is 0 Å². The van der Waals surface area contributed by atoms with Crippen molar-refractivity contribution in [2.75, 3.05) is 26.2 Å². The summed E-state index contributed by atoms with van der Waals surface area (Å²) in [6.45, 7) is 7.51. The summed E-state index contributed by atoms with van der Waals surface area (Å²) >= 11 is 6.58. The normalized spacial score (nSPS) is 22.0. The van der Waals surface area contributed by atoms with Gasteiger partial charge in [-0.3, -0.25) is 0 Å². The van der Waals surface area contributed by atoms with Gasteiger partial charge in [0, 0.05) is 19.1 Å². The predicted octanol–water partition coefficient (Wildman–Crippen LogP) is 5.35. The molecule has 3 aliphatic rings. The third-order valence-electron chi connectivity index (χ3n) is 5.82. The van der Waals surface area contributed by atoms with Gasteiger partial charge in [-0.15, -0.1) is 24.8 Å². The quantitative estimate of drug-likeness (QED) is 0.561. The monoisotopic (exact) mass is 472 g/mol. The standard InChI is InChI=1S/C23H29ClN2O2.2ClH/c1-2-27-22-13-18(14-25-21-15-26-10-8-19(21)9-11-26)12-20(24)23(22)28-16-17-6-4-3-5-7-17;;/h3-7,12-13,19,21,25H,2,8-11,14-16H2,1H3;2*1H. The van der Waals surface area contributed by atoms with Gasteiger partial charge in [0.1, 0.15) is 6.61 Å². The molecule has 3 fully saturated rings. The Hall–Kier alpha value is -1.17. The van der Waals surface area contributed by atoms with Crippen LogP contribution in [0.25, 0.3) is 0 Å². The van der Waals surface area contributed by atoms with Gasteiger partial charge in [-0.25, -0.2) is 0 Å². The minimum atomic E-state index is 0. The van der Waals surface area contributed by atoms with Gasteiger partial charge in [-0.2, -0.15) is 0 Å². The molecule has 0 amide bonds. The Labute approximate surface area is 197 Å². The van der Waals surface area contributed by atoms with E-state index in [-0.39, 0.29) is 24.8 Å². The van der Waals surface area contributed by atoms with Gasteiger partial charge in [0.15, 0.2) is 11.5 Å². The fourth-order valence-electron chi connectivity index (χ4n) is 4.30. The third kappa shape index (κ3) is 6.18. The van der Waals surface area contributed by atoms with E-state index in [0.717, 1.165) is 35.9 Å². The first-order valence-electron chi connectivity index (χ1n) is 10.3. The van der Waals surface area contributed by atoms with E-state index in [1.54, 1.807) is 0 Å². The van der Waals surface area contributed by atoms with Crippen molar-refractivity contribution < 1.29 is 9.47 Å². The summed E-state index contributed by atoms with van der Waals surface area (Å²) in [4.78, 5) is 2.57. The smallest absolute Gasteiger partial charge is 0.180 e. The number of benzene rings is 2. The van der Waals surface area contributed by atoms with Gasteiger partial charge in [0.05, 0.1) is 11.6 Å². The van der Waals surface area contributed by atoms with Crippen molar-refractivity contribution in [2.45, 2.75) is 39.0 Å². The number of hydrogen-bond donors (Lipinski definition) is 1. The molecule has 0 saturated carbocycles. The molecule has 0 aromatic heterocycles. The molecular formula is C23H31Cl3N2O2. The van der Waals surface area contributed by atoms with Crippen LogP contribution in [0.4, 0.5) is 0 Å². The molecule has 30 heavy (non-hydrogen) atoms. The molecule has 7 heteroatoms. The number of rotatable bonds is 8. The molecule has 166 valence electrons. The maximum Gasteiger partial charge on any atom is 0.180 e. The Balaban J connectivity index is 0.00000160. The Morgan fingerprint density at radius 1 is 1.03 bits per heavy atom. The second-order valence-corrected chi connectivity index (χ2v) is 8.14. The lowest BCUT2D eigenvalue weighted by Gasteiger charge is -2.45. The first kappa shape index (κ1) is 25.1. The maximum atomic E-state index is 6.58. The lowest BCUT2D eigenvalue weighted by atomic mass is 9.84. The lowest BCUT2D eigenvalue weighted by Crippen LogP contribution is -2.55. The van der Waals surface area contributed by atoms with Crippen molar-refractivity contribution in [1.82, 2.24) is 10.2 Å². The van der Waals surface area contributed by atoms with Crippen LogP contribution in [0.5, 0.6) is 11.5 Å². The fraction of sp³-hybridized carbons (Fsp3) is 0.478. The average molecular weight is 474 g/mol. The number of hydrogen-bond acceptors (Lipinski definition) is 4. The van der Waals surface area contributed by atoms with E-state index >= 15 is 0 Å². The van der Waals surface area contributed by atoms with Crippen LogP contribution in [0.15, 0.2) is 42.5 Å². The Kier molecular flexibility index (Phi) is 10.1. The highest BCUT2D eigenvalue weighted by Gasteiger charge is 2.33. The highest BCUT2D eigenvalue weighted by molar-refractivity contribution is 6.32. The van der Waals surface area contributed by atoms with Crippen molar-refractivity contribution >= 4 is 36.4 Å². The summed E-state index contributed by atoms with van der Waals surface area (Å²) in [5, 5.41) is 4.35. The molecule has 0 spiro atoms. The van der Waals surface area contributed by atoms with Gasteiger partial charge in [0.2, 0.25) is 0 Å². The molecule has 2 aromatic rings. The molecule has 1 unspecified atom stereocenters. The molecule has 2 aromatic carbocycles. The number of nitrogens with zero attached hydrogens (tertiary/aromatic N) is 1. The zero-order valence-electron chi connectivity index (χ0n) is 17.3. The number of ether oxygens (including phenoxy) is 2. The van der Waals surface area contributed by atoms with E-state index in [0.29, 0.717) is 30.0 Å². The Morgan fingerprint density at radius 3 is 2.40 bits per heavy atom. The zero-order chi connectivity index (χ0) is 19.3. The number of fused-ring (bicyclic) bond motifs is 3. The van der Waals surface area contributed by atoms with Crippen LogP contribution in [0.3, 0.4) is 0 Å². The zero-order valence-corrected chi connectivity index (χ0v) is 19.7. The molecule has 3 saturated heterocycles. The van der Waals surface area contributed by atoms with E-state index in [1.165, 1.54) is 25.9 Å². The second kappa shape index (κ2) is 12.0. The van der Waals surface area contributed by atoms with Gasteiger partial charge in [-0.05, 0) is 62.0 Å². The molecule has 1 atom stereocenters. The predicted molar refractivity (Wildman–Crippen MR) is 128 cm³/mol. The first-order chi connectivity index (χ1) is 13.7. The molecule has 5 rings (SSSR count).